The Kier molecular flexibility index (Phi) is 6.50. The molecule has 2 unspecified atom stereocenters. The third kappa shape index (κ3) is 3.68. The summed E-state index contributed by atoms with van der Waals surface area (Å²) in [5.41, 5.74) is 4.81. The van der Waals surface area contributed by atoms with Gasteiger partial charge in [0.2, 0.25) is 0 Å². The Labute approximate surface area is 204 Å². The lowest BCUT2D eigenvalue weighted by atomic mass is 9.43. The summed E-state index contributed by atoms with van der Waals surface area (Å²) in [6, 6.07) is 0. The maximum atomic E-state index is 11.8. The number of allylic oxidation sites excluding steroid dienone is 4. The molecule has 0 radical (unpaired) electrons. The van der Waals surface area contributed by atoms with Crippen LogP contribution in [-0.4, -0.2) is 12.1 Å². The van der Waals surface area contributed by atoms with Crippen molar-refractivity contribution in [3.05, 3.63) is 23.3 Å². The standard InChI is InChI=1S/C31H50O2/c1-9-10-11-12-21(2)23-15-19-31(8)25-13-14-26-28(4,5)27(33-22(3)32)17-18-29(26,6)24(25)16-20-30(23,31)7/h9-10,21,23,26-27H,11-20H2,1-8H3/b10-9+/t21-,23?,26?,27-,29+,30+,31-/m0/s1. The second-order valence-corrected chi connectivity index (χ2v) is 13.4. The molecule has 2 heteroatoms. The number of hydrogen-bond donors (Lipinski definition) is 0. The molecule has 0 aliphatic heterocycles. The van der Waals surface area contributed by atoms with Crippen LogP contribution in [0.1, 0.15) is 120 Å². The Morgan fingerprint density at radius 2 is 1.76 bits per heavy atom. The summed E-state index contributed by atoms with van der Waals surface area (Å²) in [7, 11) is 0. The number of carbonyl (C=O) groups is 1. The minimum Gasteiger partial charge on any atom is -0.462 e. The zero-order valence-electron chi connectivity index (χ0n) is 22.9. The molecule has 2 saturated carbocycles. The van der Waals surface area contributed by atoms with E-state index in [2.05, 4.69) is 60.6 Å². The lowest BCUT2D eigenvalue weighted by Crippen LogP contribution is -2.55. The number of carbonyl (C=O) groups excluding carboxylic acids is 1. The van der Waals surface area contributed by atoms with E-state index in [9.17, 15) is 4.79 Å². The normalized spacial score (nSPS) is 43.1. The van der Waals surface area contributed by atoms with Crippen LogP contribution < -0.4 is 0 Å². The van der Waals surface area contributed by atoms with Crippen LogP contribution in [0.25, 0.3) is 0 Å². The predicted molar refractivity (Wildman–Crippen MR) is 138 cm³/mol. The highest BCUT2D eigenvalue weighted by molar-refractivity contribution is 5.66. The monoisotopic (exact) mass is 454 g/mol. The minimum atomic E-state index is -0.117. The molecule has 0 aromatic heterocycles. The lowest BCUT2D eigenvalue weighted by Gasteiger charge is -2.62. The fourth-order valence-electron chi connectivity index (χ4n) is 9.75. The quantitative estimate of drug-likeness (QED) is 0.307. The van der Waals surface area contributed by atoms with Gasteiger partial charge in [0.1, 0.15) is 6.10 Å². The van der Waals surface area contributed by atoms with E-state index >= 15 is 0 Å². The predicted octanol–water partition coefficient (Wildman–Crippen LogP) is 8.66. The molecule has 4 aliphatic rings. The van der Waals surface area contributed by atoms with Gasteiger partial charge in [-0.05, 0) is 105 Å². The van der Waals surface area contributed by atoms with Crippen molar-refractivity contribution in [2.45, 2.75) is 126 Å². The average Bonchev–Trinajstić information content (AvgIpc) is 3.02. The Hall–Kier alpha value is -1.05. The Balaban J connectivity index is 1.65. The minimum absolute atomic E-state index is 0.0401. The fraction of sp³-hybridized carbons (Fsp3) is 0.839. The van der Waals surface area contributed by atoms with E-state index < -0.39 is 0 Å². The Morgan fingerprint density at radius 3 is 2.42 bits per heavy atom. The molecular formula is C31H50O2. The smallest absolute Gasteiger partial charge is 0.302 e. The van der Waals surface area contributed by atoms with Crippen molar-refractivity contribution >= 4 is 5.97 Å². The van der Waals surface area contributed by atoms with Gasteiger partial charge in [-0.1, -0.05) is 64.8 Å². The van der Waals surface area contributed by atoms with Crippen LogP contribution in [0.5, 0.6) is 0 Å². The molecule has 0 spiro atoms. The summed E-state index contributed by atoms with van der Waals surface area (Å²) >= 11 is 0. The van der Waals surface area contributed by atoms with Crippen molar-refractivity contribution in [1.29, 1.82) is 0 Å². The van der Waals surface area contributed by atoms with Gasteiger partial charge in [0.15, 0.2) is 0 Å². The number of rotatable bonds is 5. The highest BCUT2D eigenvalue weighted by Crippen LogP contribution is 2.72. The summed E-state index contributed by atoms with van der Waals surface area (Å²) in [6.45, 7) is 18.9. The molecule has 186 valence electrons. The van der Waals surface area contributed by atoms with Gasteiger partial charge in [-0.15, -0.1) is 0 Å². The van der Waals surface area contributed by atoms with Crippen LogP contribution in [0.15, 0.2) is 23.3 Å². The summed E-state index contributed by atoms with van der Waals surface area (Å²) in [5, 5.41) is 0. The van der Waals surface area contributed by atoms with Crippen LogP contribution in [0.3, 0.4) is 0 Å². The van der Waals surface area contributed by atoms with Crippen molar-refractivity contribution in [1.82, 2.24) is 0 Å². The topological polar surface area (TPSA) is 26.3 Å². The molecule has 0 aromatic rings. The number of hydrogen-bond acceptors (Lipinski definition) is 2. The molecular weight excluding hydrogens is 404 g/mol. The first-order valence-electron chi connectivity index (χ1n) is 13.9. The van der Waals surface area contributed by atoms with Crippen molar-refractivity contribution in [2.75, 3.05) is 0 Å². The van der Waals surface area contributed by atoms with Gasteiger partial charge < -0.3 is 4.74 Å². The first kappa shape index (κ1) is 25.1. The third-order valence-electron chi connectivity index (χ3n) is 11.8. The highest BCUT2D eigenvalue weighted by atomic mass is 16.5. The first-order valence-corrected chi connectivity index (χ1v) is 13.9. The molecule has 0 bridgehead atoms. The van der Waals surface area contributed by atoms with Gasteiger partial charge in [0, 0.05) is 12.3 Å². The van der Waals surface area contributed by atoms with Crippen molar-refractivity contribution in [3.8, 4) is 0 Å². The van der Waals surface area contributed by atoms with Crippen molar-refractivity contribution < 1.29 is 9.53 Å². The molecule has 33 heavy (non-hydrogen) atoms. The molecule has 0 saturated heterocycles. The van der Waals surface area contributed by atoms with E-state index in [1.165, 1.54) is 57.8 Å². The summed E-state index contributed by atoms with van der Waals surface area (Å²) in [5.74, 6) is 2.14. The maximum Gasteiger partial charge on any atom is 0.302 e. The molecule has 4 aliphatic carbocycles. The van der Waals surface area contributed by atoms with Crippen LogP contribution in [0.4, 0.5) is 0 Å². The van der Waals surface area contributed by atoms with E-state index in [0.717, 1.165) is 18.3 Å². The zero-order chi connectivity index (χ0) is 24.2. The molecule has 0 heterocycles. The third-order valence-corrected chi connectivity index (χ3v) is 11.8. The molecule has 2 nitrogen and oxygen atoms in total. The maximum absolute atomic E-state index is 11.8. The molecule has 0 N–H and O–H groups in total. The Bertz CT molecular complexity index is 834. The van der Waals surface area contributed by atoms with Gasteiger partial charge in [0.05, 0.1) is 0 Å². The second-order valence-electron chi connectivity index (χ2n) is 13.4. The van der Waals surface area contributed by atoms with E-state index in [0.29, 0.717) is 16.7 Å². The van der Waals surface area contributed by atoms with Gasteiger partial charge in [-0.25, -0.2) is 0 Å². The zero-order valence-corrected chi connectivity index (χ0v) is 22.9. The summed E-state index contributed by atoms with van der Waals surface area (Å²) in [4.78, 5) is 11.8. The van der Waals surface area contributed by atoms with E-state index in [-0.39, 0.29) is 22.9 Å². The molecule has 7 atom stereocenters. The molecule has 2 fully saturated rings. The summed E-state index contributed by atoms with van der Waals surface area (Å²) in [6.07, 6.45) is 17.3. The van der Waals surface area contributed by atoms with E-state index in [1.54, 1.807) is 6.92 Å². The molecule has 0 amide bonds. The van der Waals surface area contributed by atoms with Crippen LogP contribution in [0, 0.1) is 39.4 Å². The SMILES string of the molecule is C/C=C/CC[C@H](C)C1CC[C@@]2(C)C3=C(CC[C@]12C)[C@@]1(C)CC[C@H](OC(C)=O)C(C)(C)C1CC3. The number of ether oxygens (including phenoxy) is 1. The molecule has 4 rings (SSSR count). The fourth-order valence-corrected chi connectivity index (χ4v) is 9.75. The number of esters is 1. The largest absolute Gasteiger partial charge is 0.462 e. The van der Waals surface area contributed by atoms with Gasteiger partial charge >= 0.3 is 5.97 Å². The highest BCUT2D eigenvalue weighted by Gasteiger charge is 2.63. The lowest BCUT2D eigenvalue weighted by molar-refractivity contribution is -0.167. The molecule has 0 aromatic carbocycles. The van der Waals surface area contributed by atoms with Crippen molar-refractivity contribution in [3.63, 3.8) is 0 Å². The van der Waals surface area contributed by atoms with Gasteiger partial charge in [-0.3, -0.25) is 4.79 Å². The summed E-state index contributed by atoms with van der Waals surface area (Å²) < 4.78 is 5.86. The Morgan fingerprint density at radius 1 is 1.03 bits per heavy atom. The van der Waals surface area contributed by atoms with Gasteiger partial charge in [-0.2, -0.15) is 0 Å². The van der Waals surface area contributed by atoms with Crippen LogP contribution in [0.2, 0.25) is 0 Å². The van der Waals surface area contributed by atoms with Crippen LogP contribution >= 0.6 is 0 Å². The first-order chi connectivity index (χ1) is 15.4. The van der Waals surface area contributed by atoms with Crippen LogP contribution in [-0.2, 0) is 9.53 Å². The van der Waals surface area contributed by atoms with Gasteiger partial charge in [0.25, 0.3) is 0 Å². The number of fused-ring (bicyclic) bond motifs is 4. The average molecular weight is 455 g/mol. The second kappa shape index (κ2) is 8.56. The van der Waals surface area contributed by atoms with E-state index in [4.69, 9.17) is 4.74 Å². The van der Waals surface area contributed by atoms with E-state index in [1.807, 2.05) is 11.1 Å². The van der Waals surface area contributed by atoms with Crippen molar-refractivity contribution in [2.24, 2.45) is 39.4 Å².